The Morgan fingerprint density at radius 3 is 2.14 bits per heavy atom. The van der Waals surface area contributed by atoms with Crippen LogP contribution in [0.4, 0.5) is 0 Å². The van der Waals surface area contributed by atoms with Crippen molar-refractivity contribution in [2.45, 2.75) is 45.1 Å². The fourth-order valence-corrected chi connectivity index (χ4v) is 2.86. The number of nitrogens with two attached hydrogens (primary N) is 1. The van der Waals surface area contributed by atoms with Crippen molar-refractivity contribution >= 4 is 11.6 Å². The van der Waals surface area contributed by atoms with Crippen molar-refractivity contribution < 1.29 is 0 Å². The summed E-state index contributed by atoms with van der Waals surface area (Å²) >= 11 is 6.27. The second kappa shape index (κ2) is 8.86. The van der Waals surface area contributed by atoms with Crippen LogP contribution in [0.3, 0.4) is 0 Å². The number of unbranched alkanes of at least 4 members (excludes halogenated alkanes) is 3. The van der Waals surface area contributed by atoms with Gasteiger partial charge in [-0.15, -0.1) is 0 Å². The Morgan fingerprint density at radius 2 is 1.48 bits per heavy atom. The van der Waals surface area contributed by atoms with Crippen molar-refractivity contribution in [2.24, 2.45) is 5.73 Å². The first kappa shape index (κ1) is 16.1. The SMILES string of the molecule is NCc1ccc(CCCCCCc2ccccc2)c(Cl)c1. The van der Waals surface area contributed by atoms with E-state index in [1.807, 2.05) is 6.07 Å². The van der Waals surface area contributed by atoms with Crippen LogP contribution in [0.15, 0.2) is 48.5 Å². The third-order valence-corrected chi connectivity index (χ3v) is 4.21. The van der Waals surface area contributed by atoms with Crippen LogP contribution < -0.4 is 5.73 Å². The van der Waals surface area contributed by atoms with Gasteiger partial charge < -0.3 is 5.73 Å². The molecule has 0 unspecified atom stereocenters. The van der Waals surface area contributed by atoms with Crippen LogP contribution in [-0.2, 0) is 19.4 Å². The number of hydrogen-bond donors (Lipinski definition) is 1. The van der Waals surface area contributed by atoms with E-state index in [1.165, 1.54) is 43.2 Å². The lowest BCUT2D eigenvalue weighted by Crippen LogP contribution is -1.97. The summed E-state index contributed by atoms with van der Waals surface area (Å²) < 4.78 is 0. The molecule has 0 saturated heterocycles. The number of aryl methyl sites for hydroxylation is 2. The van der Waals surface area contributed by atoms with Crippen molar-refractivity contribution in [1.82, 2.24) is 0 Å². The third kappa shape index (κ3) is 5.53. The molecule has 0 aliphatic rings. The predicted octanol–water partition coefficient (Wildman–Crippen LogP) is 5.14. The summed E-state index contributed by atoms with van der Waals surface area (Å²) in [6.45, 7) is 0.555. The minimum atomic E-state index is 0.555. The van der Waals surface area contributed by atoms with Gasteiger partial charge in [-0.05, 0) is 48.4 Å². The maximum atomic E-state index is 6.27. The molecule has 0 heterocycles. The maximum Gasteiger partial charge on any atom is 0.0441 e. The van der Waals surface area contributed by atoms with E-state index < -0.39 is 0 Å². The molecule has 0 spiro atoms. The standard InChI is InChI=1S/C19H24ClN/c20-19-14-17(15-21)12-13-18(19)11-7-2-1-4-8-16-9-5-3-6-10-16/h3,5-6,9-10,12-14H,1-2,4,7-8,11,15,21H2. The monoisotopic (exact) mass is 301 g/mol. The van der Waals surface area contributed by atoms with E-state index in [4.69, 9.17) is 17.3 Å². The Bertz CT molecular complexity index is 537. The number of hydrogen-bond acceptors (Lipinski definition) is 1. The van der Waals surface area contributed by atoms with Crippen LogP contribution in [0.25, 0.3) is 0 Å². The lowest BCUT2D eigenvalue weighted by atomic mass is 10.0. The molecule has 0 aliphatic heterocycles. The summed E-state index contributed by atoms with van der Waals surface area (Å²) in [6.07, 6.45) is 7.28. The zero-order valence-corrected chi connectivity index (χ0v) is 13.3. The summed E-state index contributed by atoms with van der Waals surface area (Å²) in [5.41, 5.74) is 9.41. The number of rotatable bonds is 8. The highest BCUT2D eigenvalue weighted by atomic mass is 35.5. The quantitative estimate of drug-likeness (QED) is 0.671. The van der Waals surface area contributed by atoms with E-state index in [-0.39, 0.29) is 0 Å². The van der Waals surface area contributed by atoms with Crippen LogP contribution in [0, 0.1) is 0 Å². The first-order valence-corrected chi connectivity index (χ1v) is 8.18. The van der Waals surface area contributed by atoms with E-state index in [0.717, 1.165) is 17.0 Å². The molecule has 2 aromatic rings. The molecule has 0 saturated carbocycles. The molecule has 0 bridgehead atoms. The molecule has 2 aromatic carbocycles. The number of halogens is 1. The number of benzene rings is 2. The van der Waals surface area contributed by atoms with Crippen molar-refractivity contribution in [3.63, 3.8) is 0 Å². The summed E-state index contributed by atoms with van der Waals surface area (Å²) in [5, 5.41) is 0.863. The summed E-state index contributed by atoms with van der Waals surface area (Å²) in [5.74, 6) is 0. The molecule has 1 nitrogen and oxygen atoms in total. The van der Waals surface area contributed by atoms with Crippen LogP contribution in [-0.4, -0.2) is 0 Å². The Morgan fingerprint density at radius 1 is 0.762 bits per heavy atom. The molecular formula is C19H24ClN. The fraction of sp³-hybridized carbons (Fsp3) is 0.368. The Hall–Kier alpha value is -1.31. The first-order valence-electron chi connectivity index (χ1n) is 7.81. The second-order valence-electron chi connectivity index (χ2n) is 5.53. The van der Waals surface area contributed by atoms with Gasteiger partial charge in [0.25, 0.3) is 0 Å². The van der Waals surface area contributed by atoms with Gasteiger partial charge in [-0.25, -0.2) is 0 Å². The van der Waals surface area contributed by atoms with E-state index in [0.29, 0.717) is 6.54 Å². The highest BCUT2D eigenvalue weighted by Crippen LogP contribution is 2.20. The Kier molecular flexibility index (Phi) is 6.78. The zero-order valence-electron chi connectivity index (χ0n) is 12.5. The topological polar surface area (TPSA) is 26.0 Å². The molecule has 21 heavy (non-hydrogen) atoms. The van der Waals surface area contributed by atoms with E-state index in [2.05, 4.69) is 42.5 Å². The lowest BCUT2D eigenvalue weighted by Gasteiger charge is -2.06. The van der Waals surface area contributed by atoms with Gasteiger partial charge in [-0.1, -0.05) is 66.9 Å². The van der Waals surface area contributed by atoms with Gasteiger partial charge >= 0.3 is 0 Å². The molecular weight excluding hydrogens is 278 g/mol. The molecule has 112 valence electrons. The molecule has 0 atom stereocenters. The van der Waals surface area contributed by atoms with Crippen LogP contribution in [0.2, 0.25) is 5.02 Å². The van der Waals surface area contributed by atoms with Crippen molar-refractivity contribution in [3.8, 4) is 0 Å². The van der Waals surface area contributed by atoms with Gasteiger partial charge in [-0.2, -0.15) is 0 Å². The molecule has 0 radical (unpaired) electrons. The van der Waals surface area contributed by atoms with Crippen LogP contribution in [0.1, 0.15) is 42.4 Å². The van der Waals surface area contributed by atoms with Gasteiger partial charge in [0.1, 0.15) is 0 Å². The van der Waals surface area contributed by atoms with Crippen molar-refractivity contribution in [1.29, 1.82) is 0 Å². The van der Waals surface area contributed by atoms with Gasteiger partial charge in [-0.3, -0.25) is 0 Å². The van der Waals surface area contributed by atoms with Crippen LogP contribution >= 0.6 is 11.6 Å². The minimum Gasteiger partial charge on any atom is -0.326 e. The smallest absolute Gasteiger partial charge is 0.0441 e. The highest BCUT2D eigenvalue weighted by Gasteiger charge is 2.01. The van der Waals surface area contributed by atoms with Crippen molar-refractivity contribution in [3.05, 3.63) is 70.2 Å². The normalized spacial score (nSPS) is 10.8. The van der Waals surface area contributed by atoms with Crippen LogP contribution in [0.5, 0.6) is 0 Å². The maximum absolute atomic E-state index is 6.27. The summed E-state index contributed by atoms with van der Waals surface area (Å²) in [7, 11) is 0. The van der Waals surface area contributed by atoms with Gasteiger partial charge in [0, 0.05) is 11.6 Å². The van der Waals surface area contributed by atoms with E-state index in [1.54, 1.807) is 0 Å². The minimum absolute atomic E-state index is 0.555. The largest absolute Gasteiger partial charge is 0.326 e. The van der Waals surface area contributed by atoms with Crippen molar-refractivity contribution in [2.75, 3.05) is 0 Å². The van der Waals surface area contributed by atoms with E-state index in [9.17, 15) is 0 Å². The molecule has 0 amide bonds. The molecule has 0 aromatic heterocycles. The predicted molar refractivity (Wildman–Crippen MR) is 91.7 cm³/mol. The average Bonchev–Trinajstić information content (AvgIpc) is 2.53. The highest BCUT2D eigenvalue weighted by molar-refractivity contribution is 6.31. The van der Waals surface area contributed by atoms with E-state index >= 15 is 0 Å². The lowest BCUT2D eigenvalue weighted by molar-refractivity contribution is 0.640. The van der Waals surface area contributed by atoms with Gasteiger partial charge in [0.15, 0.2) is 0 Å². The molecule has 0 aliphatic carbocycles. The Labute approximate surface area is 133 Å². The fourth-order valence-electron chi connectivity index (χ4n) is 2.56. The molecule has 2 N–H and O–H groups in total. The molecule has 2 rings (SSSR count). The second-order valence-corrected chi connectivity index (χ2v) is 5.94. The zero-order chi connectivity index (χ0) is 14.9. The Balaban J connectivity index is 1.64. The third-order valence-electron chi connectivity index (χ3n) is 3.86. The molecule has 0 fully saturated rings. The summed E-state index contributed by atoms with van der Waals surface area (Å²) in [6, 6.07) is 16.9. The molecule has 2 heteroatoms. The van der Waals surface area contributed by atoms with Gasteiger partial charge in [0.2, 0.25) is 0 Å². The average molecular weight is 302 g/mol. The summed E-state index contributed by atoms with van der Waals surface area (Å²) in [4.78, 5) is 0. The first-order chi connectivity index (χ1) is 10.3. The van der Waals surface area contributed by atoms with Gasteiger partial charge in [0.05, 0.1) is 0 Å².